The maximum atomic E-state index is 5.42. The number of hydrogen-bond donors (Lipinski definition) is 1. The molecular weight excluding hydrogens is 270 g/mol. The molecule has 5 heteroatoms. The van der Waals surface area contributed by atoms with E-state index in [0.717, 1.165) is 29.1 Å². The van der Waals surface area contributed by atoms with Gasteiger partial charge in [0.1, 0.15) is 17.5 Å². The summed E-state index contributed by atoms with van der Waals surface area (Å²) in [6, 6.07) is 2.05. The molecule has 0 saturated heterocycles. The summed E-state index contributed by atoms with van der Waals surface area (Å²) in [5, 5.41) is 4.34. The van der Waals surface area contributed by atoms with Gasteiger partial charge in [0.15, 0.2) is 5.82 Å². The molecule has 1 aliphatic carbocycles. The fraction of sp³-hybridized carbons (Fsp3) is 0.733. The fourth-order valence-corrected chi connectivity index (χ4v) is 3.56. The van der Waals surface area contributed by atoms with Gasteiger partial charge in [-0.05, 0) is 32.6 Å². The molecule has 0 aromatic carbocycles. The zero-order chi connectivity index (χ0) is 14.2. The summed E-state index contributed by atoms with van der Waals surface area (Å²) in [6.45, 7) is 6.13. The van der Waals surface area contributed by atoms with E-state index in [-0.39, 0.29) is 0 Å². The Morgan fingerprint density at radius 3 is 2.80 bits per heavy atom. The van der Waals surface area contributed by atoms with E-state index in [1.54, 1.807) is 0 Å². The van der Waals surface area contributed by atoms with Gasteiger partial charge in [-0.15, -0.1) is 11.8 Å². The molecule has 0 spiro atoms. The van der Waals surface area contributed by atoms with E-state index in [4.69, 9.17) is 4.74 Å². The molecule has 1 saturated carbocycles. The summed E-state index contributed by atoms with van der Waals surface area (Å²) in [5.41, 5.74) is 0. The molecule has 1 aromatic heterocycles. The first-order valence-corrected chi connectivity index (χ1v) is 8.62. The first-order valence-electron chi connectivity index (χ1n) is 7.64. The molecule has 1 N–H and O–H groups in total. The first kappa shape index (κ1) is 15.6. The van der Waals surface area contributed by atoms with E-state index < -0.39 is 0 Å². The third kappa shape index (κ3) is 4.94. The van der Waals surface area contributed by atoms with Crippen molar-refractivity contribution in [1.29, 1.82) is 0 Å². The summed E-state index contributed by atoms with van der Waals surface area (Å²) < 4.78 is 5.42. The second kappa shape index (κ2) is 8.47. The zero-order valence-corrected chi connectivity index (χ0v) is 13.3. The molecule has 4 nitrogen and oxygen atoms in total. The summed E-state index contributed by atoms with van der Waals surface area (Å²) in [7, 11) is 0. The van der Waals surface area contributed by atoms with Crippen molar-refractivity contribution in [3.05, 3.63) is 11.9 Å². The Morgan fingerprint density at radius 2 is 2.10 bits per heavy atom. The van der Waals surface area contributed by atoms with E-state index in [0.29, 0.717) is 13.2 Å². The maximum Gasteiger partial charge on any atom is 0.157 e. The maximum absolute atomic E-state index is 5.42. The SMILES string of the molecule is CCNc1cc(SCC2CCCC2)nc(COCC)n1. The Morgan fingerprint density at radius 1 is 1.30 bits per heavy atom. The van der Waals surface area contributed by atoms with Crippen LogP contribution in [0.3, 0.4) is 0 Å². The largest absolute Gasteiger partial charge is 0.374 e. The monoisotopic (exact) mass is 295 g/mol. The highest BCUT2D eigenvalue weighted by molar-refractivity contribution is 7.99. The minimum absolute atomic E-state index is 0.493. The van der Waals surface area contributed by atoms with Gasteiger partial charge in [0.25, 0.3) is 0 Å². The van der Waals surface area contributed by atoms with Crippen LogP contribution in [-0.2, 0) is 11.3 Å². The van der Waals surface area contributed by atoms with Gasteiger partial charge < -0.3 is 10.1 Å². The Labute approximate surface area is 126 Å². The van der Waals surface area contributed by atoms with Gasteiger partial charge in [-0.25, -0.2) is 9.97 Å². The van der Waals surface area contributed by atoms with Crippen LogP contribution in [0.2, 0.25) is 0 Å². The highest BCUT2D eigenvalue weighted by Crippen LogP contribution is 2.30. The van der Waals surface area contributed by atoms with Gasteiger partial charge in [-0.2, -0.15) is 0 Å². The van der Waals surface area contributed by atoms with E-state index in [2.05, 4.69) is 28.3 Å². The molecule has 1 aromatic rings. The predicted molar refractivity (Wildman–Crippen MR) is 84.2 cm³/mol. The molecule has 0 unspecified atom stereocenters. The van der Waals surface area contributed by atoms with E-state index >= 15 is 0 Å². The lowest BCUT2D eigenvalue weighted by molar-refractivity contribution is 0.128. The van der Waals surface area contributed by atoms with Gasteiger partial charge in [0.2, 0.25) is 0 Å². The predicted octanol–water partition coefficient (Wildman–Crippen LogP) is 3.73. The number of thioether (sulfide) groups is 1. The Balaban J connectivity index is 1.98. The van der Waals surface area contributed by atoms with E-state index in [9.17, 15) is 0 Å². The third-order valence-corrected chi connectivity index (χ3v) is 4.63. The molecular formula is C15H25N3OS. The molecule has 0 radical (unpaired) electrons. The number of rotatable bonds is 8. The fourth-order valence-electron chi connectivity index (χ4n) is 2.46. The second-order valence-corrected chi connectivity index (χ2v) is 6.18. The minimum atomic E-state index is 0.493. The molecule has 2 rings (SSSR count). The Bertz CT molecular complexity index is 408. The lowest BCUT2D eigenvalue weighted by atomic mass is 10.1. The van der Waals surface area contributed by atoms with Gasteiger partial charge in [0, 0.05) is 25.0 Å². The van der Waals surface area contributed by atoms with Gasteiger partial charge in [-0.3, -0.25) is 0 Å². The number of hydrogen-bond acceptors (Lipinski definition) is 5. The molecule has 0 bridgehead atoms. The van der Waals surface area contributed by atoms with Crippen LogP contribution in [0.15, 0.2) is 11.1 Å². The van der Waals surface area contributed by atoms with Gasteiger partial charge in [0.05, 0.1) is 0 Å². The van der Waals surface area contributed by atoms with Crippen molar-refractivity contribution < 1.29 is 4.74 Å². The highest BCUT2D eigenvalue weighted by atomic mass is 32.2. The van der Waals surface area contributed by atoms with E-state index in [1.807, 2.05) is 18.7 Å². The van der Waals surface area contributed by atoms with Crippen LogP contribution in [0.4, 0.5) is 5.82 Å². The third-order valence-electron chi connectivity index (χ3n) is 3.48. The Kier molecular flexibility index (Phi) is 6.60. The van der Waals surface area contributed by atoms with Crippen molar-refractivity contribution in [3.63, 3.8) is 0 Å². The average molecular weight is 295 g/mol. The van der Waals surface area contributed by atoms with Gasteiger partial charge >= 0.3 is 0 Å². The topological polar surface area (TPSA) is 47.0 Å². The number of anilines is 1. The molecule has 1 heterocycles. The average Bonchev–Trinajstić information content (AvgIpc) is 2.96. The smallest absolute Gasteiger partial charge is 0.157 e. The van der Waals surface area contributed by atoms with Crippen LogP contribution in [0.5, 0.6) is 0 Å². The van der Waals surface area contributed by atoms with Crippen molar-refractivity contribution in [2.24, 2.45) is 5.92 Å². The van der Waals surface area contributed by atoms with Crippen molar-refractivity contribution >= 4 is 17.6 Å². The number of nitrogens with one attached hydrogen (secondary N) is 1. The normalized spacial score (nSPS) is 15.7. The second-order valence-electron chi connectivity index (χ2n) is 5.14. The molecule has 1 aliphatic rings. The van der Waals surface area contributed by atoms with Crippen LogP contribution < -0.4 is 5.32 Å². The molecule has 0 atom stereocenters. The lowest BCUT2D eigenvalue weighted by Gasteiger charge is -2.11. The van der Waals surface area contributed by atoms with Crippen molar-refractivity contribution in [1.82, 2.24) is 9.97 Å². The summed E-state index contributed by atoms with van der Waals surface area (Å²) >= 11 is 1.86. The summed E-state index contributed by atoms with van der Waals surface area (Å²) in [4.78, 5) is 9.08. The van der Waals surface area contributed by atoms with Crippen molar-refractivity contribution in [2.75, 3.05) is 24.2 Å². The molecule has 1 fully saturated rings. The molecule has 112 valence electrons. The minimum Gasteiger partial charge on any atom is -0.374 e. The quantitative estimate of drug-likeness (QED) is 0.585. The van der Waals surface area contributed by atoms with Crippen molar-refractivity contribution in [3.8, 4) is 0 Å². The first-order chi connectivity index (χ1) is 9.81. The standard InChI is InChI=1S/C15H25N3OS/c1-3-16-13-9-15(18-14(17-13)10-19-4-2)20-11-12-7-5-6-8-12/h9,12H,3-8,10-11H2,1-2H3,(H,16,17,18). The lowest BCUT2D eigenvalue weighted by Crippen LogP contribution is -2.06. The zero-order valence-electron chi connectivity index (χ0n) is 12.5. The molecule has 20 heavy (non-hydrogen) atoms. The van der Waals surface area contributed by atoms with Crippen LogP contribution in [0.25, 0.3) is 0 Å². The number of nitrogens with zero attached hydrogens (tertiary/aromatic N) is 2. The summed E-state index contributed by atoms with van der Waals surface area (Å²) in [6.07, 6.45) is 5.55. The van der Waals surface area contributed by atoms with Crippen LogP contribution in [0.1, 0.15) is 45.4 Å². The van der Waals surface area contributed by atoms with Crippen LogP contribution in [-0.4, -0.2) is 28.9 Å². The molecule has 0 amide bonds. The van der Waals surface area contributed by atoms with E-state index in [1.165, 1.54) is 31.4 Å². The number of aromatic nitrogens is 2. The summed E-state index contributed by atoms with van der Waals surface area (Å²) in [5.74, 6) is 3.73. The highest BCUT2D eigenvalue weighted by Gasteiger charge is 2.16. The Hall–Kier alpha value is -0.810. The van der Waals surface area contributed by atoms with Crippen LogP contribution >= 0.6 is 11.8 Å². The van der Waals surface area contributed by atoms with Crippen molar-refractivity contribution in [2.45, 2.75) is 51.2 Å². The molecule has 0 aliphatic heterocycles. The van der Waals surface area contributed by atoms with Crippen LogP contribution in [0, 0.1) is 5.92 Å². The number of ether oxygens (including phenoxy) is 1. The van der Waals surface area contributed by atoms with Gasteiger partial charge in [-0.1, -0.05) is 12.8 Å².